The molecule has 2 N–H and O–H groups in total. The van der Waals surface area contributed by atoms with Gasteiger partial charge in [-0.2, -0.15) is 0 Å². The largest absolute Gasteiger partial charge is 0.391 e. The van der Waals surface area contributed by atoms with Crippen molar-refractivity contribution in [2.45, 2.75) is 25.1 Å². The molecule has 22 heavy (non-hydrogen) atoms. The van der Waals surface area contributed by atoms with E-state index in [1.54, 1.807) is 0 Å². The summed E-state index contributed by atoms with van der Waals surface area (Å²) in [6.45, 7) is 3.81. The van der Waals surface area contributed by atoms with Crippen LogP contribution in [-0.4, -0.2) is 41.8 Å². The second-order valence-electron chi connectivity index (χ2n) is 6.04. The number of nitrogens with one attached hydrogen (secondary N) is 1. The van der Waals surface area contributed by atoms with Crippen molar-refractivity contribution < 1.29 is 5.11 Å². The zero-order valence-electron chi connectivity index (χ0n) is 12.9. The topological polar surface area (TPSA) is 35.5 Å². The van der Waals surface area contributed by atoms with Crippen LogP contribution >= 0.6 is 0 Å². The van der Waals surface area contributed by atoms with Crippen molar-refractivity contribution in [1.82, 2.24) is 10.2 Å². The number of hydrogen-bond acceptors (Lipinski definition) is 3. The number of nitrogens with zero attached hydrogens (tertiary/aromatic N) is 1. The molecule has 0 radical (unpaired) electrons. The van der Waals surface area contributed by atoms with E-state index >= 15 is 0 Å². The average molecular weight is 296 g/mol. The standard InChI is InChI=1S/C19H24N2O/c22-19(13-16-7-3-1-4-8-16)18-15-21(12-11-20-18)14-17-9-5-2-6-10-17/h1-10,18-20,22H,11-15H2. The molecule has 3 heteroatoms. The number of piperazine rings is 1. The van der Waals surface area contributed by atoms with E-state index in [0.29, 0.717) is 6.42 Å². The quantitative estimate of drug-likeness (QED) is 0.886. The molecule has 3 nitrogen and oxygen atoms in total. The van der Waals surface area contributed by atoms with Crippen LogP contribution in [0, 0.1) is 0 Å². The lowest BCUT2D eigenvalue weighted by molar-refractivity contribution is 0.0771. The Morgan fingerprint density at radius 2 is 1.64 bits per heavy atom. The molecular formula is C19H24N2O. The fraction of sp³-hybridized carbons (Fsp3) is 0.368. The number of benzene rings is 2. The maximum absolute atomic E-state index is 10.5. The minimum absolute atomic E-state index is 0.137. The molecule has 2 aromatic carbocycles. The minimum Gasteiger partial charge on any atom is -0.391 e. The van der Waals surface area contributed by atoms with Crippen molar-refractivity contribution in [2.24, 2.45) is 0 Å². The molecule has 0 bridgehead atoms. The third-order valence-corrected chi connectivity index (χ3v) is 4.29. The maximum atomic E-state index is 10.5. The molecule has 1 aliphatic rings. The van der Waals surface area contributed by atoms with Crippen LogP contribution in [0.5, 0.6) is 0 Å². The molecule has 2 unspecified atom stereocenters. The summed E-state index contributed by atoms with van der Waals surface area (Å²) in [6, 6.07) is 20.9. The molecule has 1 heterocycles. The lowest BCUT2D eigenvalue weighted by Gasteiger charge is -2.36. The molecule has 0 amide bonds. The van der Waals surface area contributed by atoms with Gasteiger partial charge in [0.25, 0.3) is 0 Å². The first kappa shape index (κ1) is 15.2. The van der Waals surface area contributed by atoms with E-state index in [1.807, 2.05) is 24.3 Å². The van der Waals surface area contributed by atoms with Gasteiger partial charge in [0.15, 0.2) is 0 Å². The van der Waals surface area contributed by atoms with Gasteiger partial charge in [-0.15, -0.1) is 0 Å². The number of rotatable bonds is 5. The zero-order chi connectivity index (χ0) is 15.2. The highest BCUT2D eigenvalue weighted by molar-refractivity contribution is 5.17. The summed E-state index contributed by atoms with van der Waals surface area (Å²) in [6.07, 6.45) is 0.360. The van der Waals surface area contributed by atoms with E-state index in [2.05, 4.69) is 46.6 Å². The Hall–Kier alpha value is -1.68. The van der Waals surface area contributed by atoms with E-state index in [0.717, 1.165) is 26.2 Å². The Bertz CT molecular complexity index is 519. The Labute approximate surface area is 132 Å². The Morgan fingerprint density at radius 1 is 1.00 bits per heavy atom. The molecule has 1 aliphatic heterocycles. The monoisotopic (exact) mass is 296 g/mol. The van der Waals surface area contributed by atoms with Crippen molar-refractivity contribution in [1.29, 1.82) is 0 Å². The van der Waals surface area contributed by atoms with Crippen molar-refractivity contribution >= 4 is 0 Å². The van der Waals surface area contributed by atoms with Crippen LogP contribution in [0.15, 0.2) is 60.7 Å². The van der Waals surface area contributed by atoms with E-state index in [4.69, 9.17) is 0 Å². The van der Waals surface area contributed by atoms with Crippen molar-refractivity contribution in [3.63, 3.8) is 0 Å². The van der Waals surface area contributed by atoms with Crippen LogP contribution < -0.4 is 5.32 Å². The minimum atomic E-state index is -0.346. The molecule has 2 atom stereocenters. The van der Waals surface area contributed by atoms with Crippen LogP contribution in [0.2, 0.25) is 0 Å². The van der Waals surface area contributed by atoms with Crippen LogP contribution in [0.4, 0.5) is 0 Å². The summed E-state index contributed by atoms with van der Waals surface area (Å²) in [5.74, 6) is 0. The summed E-state index contributed by atoms with van der Waals surface area (Å²) in [4.78, 5) is 2.42. The van der Waals surface area contributed by atoms with Gasteiger partial charge in [0.05, 0.1) is 6.10 Å². The van der Waals surface area contributed by atoms with Gasteiger partial charge in [-0.3, -0.25) is 4.90 Å². The van der Waals surface area contributed by atoms with Crippen molar-refractivity contribution in [2.75, 3.05) is 19.6 Å². The Kier molecular flexibility index (Phi) is 5.22. The fourth-order valence-electron chi connectivity index (χ4n) is 3.08. The first-order valence-corrected chi connectivity index (χ1v) is 8.03. The average Bonchev–Trinajstić information content (AvgIpc) is 2.57. The fourth-order valence-corrected chi connectivity index (χ4v) is 3.08. The number of aliphatic hydroxyl groups excluding tert-OH is 1. The highest BCUT2D eigenvalue weighted by atomic mass is 16.3. The lowest BCUT2D eigenvalue weighted by atomic mass is 10.00. The first-order chi connectivity index (χ1) is 10.8. The molecule has 0 saturated carbocycles. The van der Waals surface area contributed by atoms with E-state index in [-0.39, 0.29) is 12.1 Å². The van der Waals surface area contributed by atoms with E-state index in [1.165, 1.54) is 11.1 Å². The summed E-state index contributed by atoms with van der Waals surface area (Å²) < 4.78 is 0. The third-order valence-electron chi connectivity index (χ3n) is 4.29. The summed E-state index contributed by atoms with van der Waals surface area (Å²) in [7, 11) is 0. The zero-order valence-corrected chi connectivity index (χ0v) is 12.9. The second kappa shape index (κ2) is 7.54. The number of hydrogen-bond donors (Lipinski definition) is 2. The normalized spacial score (nSPS) is 20.7. The second-order valence-corrected chi connectivity index (χ2v) is 6.04. The van der Waals surface area contributed by atoms with Crippen LogP contribution in [-0.2, 0) is 13.0 Å². The highest BCUT2D eigenvalue weighted by Crippen LogP contribution is 2.12. The smallest absolute Gasteiger partial charge is 0.0745 e. The van der Waals surface area contributed by atoms with Gasteiger partial charge in [0, 0.05) is 32.2 Å². The van der Waals surface area contributed by atoms with Gasteiger partial charge >= 0.3 is 0 Å². The van der Waals surface area contributed by atoms with Crippen LogP contribution in [0.3, 0.4) is 0 Å². The summed E-state index contributed by atoms with van der Waals surface area (Å²) >= 11 is 0. The SMILES string of the molecule is OC(Cc1ccccc1)C1CN(Cc2ccccc2)CCN1. The van der Waals surface area contributed by atoms with Crippen LogP contribution in [0.1, 0.15) is 11.1 Å². The van der Waals surface area contributed by atoms with Crippen molar-refractivity contribution in [3.8, 4) is 0 Å². The first-order valence-electron chi connectivity index (χ1n) is 8.03. The van der Waals surface area contributed by atoms with E-state index < -0.39 is 0 Å². The molecular weight excluding hydrogens is 272 g/mol. The van der Waals surface area contributed by atoms with Gasteiger partial charge < -0.3 is 10.4 Å². The lowest BCUT2D eigenvalue weighted by Crippen LogP contribution is -2.55. The van der Waals surface area contributed by atoms with Crippen LogP contribution in [0.25, 0.3) is 0 Å². The molecule has 0 aliphatic carbocycles. The predicted molar refractivity (Wildman–Crippen MR) is 89.7 cm³/mol. The van der Waals surface area contributed by atoms with Gasteiger partial charge in [-0.1, -0.05) is 60.7 Å². The molecule has 3 rings (SSSR count). The molecule has 116 valence electrons. The highest BCUT2D eigenvalue weighted by Gasteiger charge is 2.25. The summed E-state index contributed by atoms with van der Waals surface area (Å²) in [5, 5.41) is 14.0. The molecule has 2 aromatic rings. The molecule has 0 aromatic heterocycles. The summed E-state index contributed by atoms with van der Waals surface area (Å²) in [5.41, 5.74) is 2.53. The predicted octanol–water partition coefficient (Wildman–Crippen LogP) is 2.06. The maximum Gasteiger partial charge on any atom is 0.0745 e. The van der Waals surface area contributed by atoms with E-state index in [9.17, 15) is 5.11 Å². The Balaban J connectivity index is 1.56. The Morgan fingerprint density at radius 3 is 2.32 bits per heavy atom. The molecule has 1 saturated heterocycles. The third kappa shape index (κ3) is 4.17. The molecule has 0 spiro atoms. The van der Waals surface area contributed by atoms with Gasteiger partial charge in [-0.05, 0) is 17.5 Å². The van der Waals surface area contributed by atoms with Gasteiger partial charge in [0.2, 0.25) is 0 Å². The number of aliphatic hydroxyl groups is 1. The molecule has 1 fully saturated rings. The van der Waals surface area contributed by atoms with Gasteiger partial charge in [-0.25, -0.2) is 0 Å². The van der Waals surface area contributed by atoms with Gasteiger partial charge in [0.1, 0.15) is 0 Å². The van der Waals surface area contributed by atoms with Crippen molar-refractivity contribution in [3.05, 3.63) is 71.8 Å².